The van der Waals surface area contributed by atoms with Gasteiger partial charge in [0.05, 0.1) is 6.61 Å². The third-order valence-corrected chi connectivity index (χ3v) is 3.57. The zero-order chi connectivity index (χ0) is 14.7. The maximum Gasteiger partial charge on any atom is 0.340 e. The van der Waals surface area contributed by atoms with Crippen molar-refractivity contribution in [3.05, 3.63) is 28.7 Å². The molecular weight excluding hydrogens is 272 g/mol. The van der Waals surface area contributed by atoms with Crippen molar-refractivity contribution in [3.8, 4) is 5.88 Å². The van der Waals surface area contributed by atoms with Gasteiger partial charge in [0.2, 0.25) is 5.88 Å². The maximum atomic E-state index is 11.2. The molecule has 1 fully saturated rings. The number of H-pyrrole nitrogens is 2. The fraction of sp³-hybridized carbons (Fsp3) is 0.538. The van der Waals surface area contributed by atoms with Crippen molar-refractivity contribution in [2.45, 2.75) is 25.7 Å². The molecular formula is C13H18N6O2. The topological polar surface area (TPSA) is 99.8 Å². The van der Waals surface area contributed by atoms with Crippen LogP contribution in [0.5, 0.6) is 5.88 Å². The highest BCUT2D eigenvalue weighted by Crippen LogP contribution is 2.27. The molecule has 8 heteroatoms. The number of hydrogen-bond acceptors (Lipinski definition) is 6. The van der Waals surface area contributed by atoms with E-state index in [9.17, 15) is 4.79 Å². The lowest BCUT2D eigenvalue weighted by molar-refractivity contribution is 0.326. The molecule has 0 aliphatic carbocycles. The minimum atomic E-state index is -0.261. The summed E-state index contributed by atoms with van der Waals surface area (Å²) in [6, 6.07) is 1.85. The van der Waals surface area contributed by atoms with Crippen LogP contribution in [-0.4, -0.2) is 44.8 Å². The predicted octanol–water partition coefficient (Wildman–Crippen LogP) is 0.671. The van der Waals surface area contributed by atoms with Crippen molar-refractivity contribution >= 4 is 5.82 Å². The van der Waals surface area contributed by atoms with Gasteiger partial charge in [0.15, 0.2) is 0 Å². The molecule has 0 amide bonds. The van der Waals surface area contributed by atoms with Crippen LogP contribution < -0.4 is 15.3 Å². The number of anilines is 1. The SMILES string of the molecule is CCOc1cc(N2CCCC(c3n[nH]c(=O)[nH]3)C2)ncn1. The van der Waals surface area contributed by atoms with Crippen molar-refractivity contribution in [1.82, 2.24) is 25.1 Å². The normalized spacial score (nSPS) is 18.7. The number of nitrogens with zero attached hydrogens (tertiary/aromatic N) is 4. The van der Waals surface area contributed by atoms with Crippen LogP contribution in [0.2, 0.25) is 0 Å². The Morgan fingerprint density at radius 3 is 3.14 bits per heavy atom. The molecule has 0 aromatic carbocycles. The van der Waals surface area contributed by atoms with E-state index in [2.05, 4.69) is 30.0 Å². The van der Waals surface area contributed by atoms with Crippen LogP contribution >= 0.6 is 0 Å². The van der Waals surface area contributed by atoms with Crippen molar-refractivity contribution in [3.63, 3.8) is 0 Å². The maximum absolute atomic E-state index is 11.2. The van der Waals surface area contributed by atoms with E-state index in [4.69, 9.17) is 4.74 Å². The van der Waals surface area contributed by atoms with Crippen molar-refractivity contribution in [1.29, 1.82) is 0 Å². The Balaban J connectivity index is 1.76. The zero-order valence-corrected chi connectivity index (χ0v) is 11.9. The first-order valence-corrected chi connectivity index (χ1v) is 7.10. The molecule has 1 aliphatic heterocycles. The molecule has 21 heavy (non-hydrogen) atoms. The van der Waals surface area contributed by atoms with Crippen LogP contribution in [-0.2, 0) is 0 Å². The molecule has 112 valence electrons. The monoisotopic (exact) mass is 290 g/mol. The lowest BCUT2D eigenvalue weighted by atomic mass is 9.97. The Labute approximate surface area is 121 Å². The van der Waals surface area contributed by atoms with Crippen LogP contribution in [0.15, 0.2) is 17.2 Å². The quantitative estimate of drug-likeness (QED) is 0.858. The summed E-state index contributed by atoms with van der Waals surface area (Å²) in [7, 11) is 0. The van der Waals surface area contributed by atoms with Crippen LogP contribution in [0.25, 0.3) is 0 Å². The summed E-state index contributed by atoms with van der Waals surface area (Å²) in [4.78, 5) is 24.5. The molecule has 2 aromatic heterocycles. The number of nitrogens with one attached hydrogen (secondary N) is 2. The largest absolute Gasteiger partial charge is 0.478 e. The van der Waals surface area contributed by atoms with Crippen LogP contribution in [0, 0.1) is 0 Å². The van der Waals surface area contributed by atoms with Crippen LogP contribution in [0.4, 0.5) is 5.82 Å². The molecule has 2 aromatic rings. The van der Waals surface area contributed by atoms with Crippen LogP contribution in [0.1, 0.15) is 31.5 Å². The average molecular weight is 290 g/mol. The van der Waals surface area contributed by atoms with Crippen molar-refractivity contribution in [2.24, 2.45) is 0 Å². The lowest BCUT2D eigenvalue weighted by Gasteiger charge is -2.32. The Morgan fingerprint density at radius 2 is 2.38 bits per heavy atom. The number of piperidine rings is 1. The van der Waals surface area contributed by atoms with E-state index < -0.39 is 0 Å². The van der Waals surface area contributed by atoms with Crippen LogP contribution in [0.3, 0.4) is 0 Å². The Kier molecular flexibility index (Phi) is 3.85. The highest BCUT2D eigenvalue weighted by atomic mass is 16.5. The Bertz CT molecular complexity index is 652. The Hall–Kier alpha value is -2.38. The van der Waals surface area contributed by atoms with Crippen molar-refractivity contribution in [2.75, 3.05) is 24.6 Å². The molecule has 3 heterocycles. The van der Waals surface area contributed by atoms with Gasteiger partial charge in [-0.2, -0.15) is 5.10 Å². The summed E-state index contributed by atoms with van der Waals surface area (Å²) in [6.07, 6.45) is 3.54. The molecule has 0 spiro atoms. The standard InChI is InChI=1S/C13H18N6O2/c1-2-21-11-6-10(14-8-15-11)19-5-3-4-9(7-19)12-16-13(20)18-17-12/h6,8-9H,2-5,7H2,1H3,(H2,16,17,18,20). The molecule has 2 N–H and O–H groups in total. The predicted molar refractivity (Wildman–Crippen MR) is 76.6 cm³/mol. The van der Waals surface area contributed by atoms with Gasteiger partial charge < -0.3 is 9.64 Å². The summed E-state index contributed by atoms with van der Waals surface area (Å²) in [6.45, 7) is 4.19. The van der Waals surface area contributed by atoms with Gasteiger partial charge in [-0.15, -0.1) is 0 Å². The number of rotatable bonds is 4. The molecule has 0 saturated carbocycles. The molecule has 0 bridgehead atoms. The van der Waals surface area contributed by atoms with E-state index in [1.54, 1.807) is 0 Å². The van der Waals surface area contributed by atoms with E-state index >= 15 is 0 Å². The number of hydrogen-bond donors (Lipinski definition) is 2. The van der Waals surface area contributed by atoms with Crippen molar-refractivity contribution < 1.29 is 4.74 Å². The second kappa shape index (κ2) is 5.94. The lowest BCUT2D eigenvalue weighted by Crippen LogP contribution is -2.35. The minimum Gasteiger partial charge on any atom is -0.478 e. The summed E-state index contributed by atoms with van der Waals surface area (Å²) in [5.41, 5.74) is -0.261. The van der Waals surface area contributed by atoms with Gasteiger partial charge in [-0.25, -0.2) is 19.9 Å². The van der Waals surface area contributed by atoms with Gasteiger partial charge in [-0.1, -0.05) is 0 Å². The zero-order valence-electron chi connectivity index (χ0n) is 11.9. The molecule has 0 radical (unpaired) electrons. The second-order valence-corrected chi connectivity index (χ2v) is 5.00. The third-order valence-electron chi connectivity index (χ3n) is 3.57. The van der Waals surface area contributed by atoms with E-state index in [0.29, 0.717) is 18.3 Å². The number of aromatic nitrogens is 5. The number of aromatic amines is 2. The van der Waals surface area contributed by atoms with Gasteiger partial charge >= 0.3 is 5.69 Å². The molecule has 1 saturated heterocycles. The first kappa shape index (κ1) is 13.6. The number of ether oxygens (including phenoxy) is 1. The first-order valence-electron chi connectivity index (χ1n) is 7.10. The molecule has 8 nitrogen and oxygen atoms in total. The van der Waals surface area contributed by atoms with Gasteiger partial charge in [0.1, 0.15) is 18.0 Å². The highest BCUT2D eigenvalue weighted by molar-refractivity contribution is 5.41. The molecule has 1 aliphatic rings. The first-order chi connectivity index (χ1) is 10.3. The van der Waals surface area contributed by atoms with Gasteiger partial charge in [-0.3, -0.25) is 4.98 Å². The van der Waals surface area contributed by atoms with E-state index in [1.165, 1.54) is 6.33 Å². The smallest absolute Gasteiger partial charge is 0.340 e. The van der Waals surface area contributed by atoms with Gasteiger partial charge in [0, 0.05) is 25.1 Å². The second-order valence-electron chi connectivity index (χ2n) is 5.00. The van der Waals surface area contributed by atoms with E-state index in [1.807, 2.05) is 13.0 Å². The Morgan fingerprint density at radius 1 is 1.48 bits per heavy atom. The third kappa shape index (κ3) is 3.04. The minimum absolute atomic E-state index is 0.197. The van der Waals surface area contributed by atoms with Gasteiger partial charge in [-0.05, 0) is 19.8 Å². The molecule has 1 atom stereocenters. The summed E-state index contributed by atoms with van der Waals surface area (Å²) >= 11 is 0. The fourth-order valence-corrected chi connectivity index (χ4v) is 2.61. The average Bonchev–Trinajstić information content (AvgIpc) is 2.95. The van der Waals surface area contributed by atoms with E-state index in [0.717, 1.165) is 31.7 Å². The summed E-state index contributed by atoms with van der Waals surface area (Å²) in [5, 5.41) is 6.46. The summed E-state index contributed by atoms with van der Waals surface area (Å²) < 4.78 is 5.41. The molecule has 1 unspecified atom stereocenters. The van der Waals surface area contributed by atoms with Gasteiger partial charge in [0.25, 0.3) is 0 Å². The molecule has 3 rings (SSSR count). The highest BCUT2D eigenvalue weighted by Gasteiger charge is 2.24. The fourth-order valence-electron chi connectivity index (χ4n) is 2.61. The summed E-state index contributed by atoms with van der Waals surface area (Å²) in [5.74, 6) is 2.33. The van der Waals surface area contributed by atoms with E-state index in [-0.39, 0.29) is 11.6 Å².